The zero-order chi connectivity index (χ0) is 19.5. The number of hydrogen-bond acceptors (Lipinski definition) is 4. The number of nitrogens with one attached hydrogen (secondary N) is 1. The summed E-state index contributed by atoms with van der Waals surface area (Å²) in [7, 11) is 0. The molecule has 3 aromatic carbocycles. The highest BCUT2D eigenvalue weighted by Gasteiger charge is 2.13. The first-order valence-corrected chi connectivity index (χ1v) is 8.67. The molecule has 6 heteroatoms. The molecule has 4 aromatic rings. The smallest absolute Gasteiger partial charge is 0.258 e. The summed E-state index contributed by atoms with van der Waals surface area (Å²) in [5.74, 6) is -0.258. The van der Waals surface area contributed by atoms with Crippen molar-refractivity contribution < 1.29 is 13.6 Å². The fourth-order valence-corrected chi connectivity index (χ4v) is 2.69. The van der Waals surface area contributed by atoms with E-state index in [0.717, 1.165) is 16.7 Å². The third-order valence-electron chi connectivity index (χ3n) is 4.23. The first-order chi connectivity index (χ1) is 13.6. The Morgan fingerprint density at radius 2 is 1.43 bits per heavy atom. The Morgan fingerprint density at radius 3 is 2.04 bits per heavy atom. The molecule has 0 radical (unpaired) electrons. The Morgan fingerprint density at radius 1 is 0.857 bits per heavy atom. The molecule has 0 aliphatic rings. The van der Waals surface area contributed by atoms with Gasteiger partial charge < -0.3 is 9.73 Å². The third kappa shape index (κ3) is 3.66. The monoisotopic (exact) mass is 373 g/mol. The van der Waals surface area contributed by atoms with Crippen LogP contribution in [0, 0.1) is 12.7 Å². The molecule has 5 nitrogen and oxygen atoms in total. The van der Waals surface area contributed by atoms with E-state index < -0.39 is 11.7 Å². The van der Waals surface area contributed by atoms with Crippen molar-refractivity contribution in [2.75, 3.05) is 5.32 Å². The summed E-state index contributed by atoms with van der Waals surface area (Å²) in [6, 6.07) is 20.5. The molecule has 0 fully saturated rings. The van der Waals surface area contributed by atoms with E-state index in [1.165, 1.54) is 18.2 Å². The van der Waals surface area contributed by atoms with Crippen LogP contribution >= 0.6 is 0 Å². The lowest BCUT2D eigenvalue weighted by Crippen LogP contribution is -2.13. The summed E-state index contributed by atoms with van der Waals surface area (Å²) >= 11 is 0. The number of rotatable bonds is 4. The Labute approximate surface area is 160 Å². The molecule has 1 heterocycles. The normalized spacial score (nSPS) is 10.6. The van der Waals surface area contributed by atoms with Crippen LogP contribution in [0.25, 0.3) is 22.9 Å². The van der Waals surface area contributed by atoms with E-state index in [9.17, 15) is 9.18 Å². The molecule has 1 amide bonds. The molecule has 28 heavy (non-hydrogen) atoms. The molecule has 0 aliphatic carbocycles. The summed E-state index contributed by atoms with van der Waals surface area (Å²) in [6.45, 7) is 2.01. The Balaban J connectivity index is 1.50. The molecule has 0 aliphatic heterocycles. The Kier molecular flexibility index (Phi) is 4.68. The predicted molar refractivity (Wildman–Crippen MR) is 104 cm³/mol. The van der Waals surface area contributed by atoms with E-state index in [0.29, 0.717) is 17.5 Å². The van der Waals surface area contributed by atoms with Gasteiger partial charge in [0, 0.05) is 16.8 Å². The van der Waals surface area contributed by atoms with Crippen LogP contribution in [-0.2, 0) is 0 Å². The predicted octanol–water partition coefficient (Wildman–Crippen LogP) is 5.10. The van der Waals surface area contributed by atoms with Crippen LogP contribution in [0.5, 0.6) is 0 Å². The van der Waals surface area contributed by atoms with Crippen molar-refractivity contribution >= 4 is 11.6 Å². The number of carbonyl (C=O) groups excluding carboxylic acids is 1. The first kappa shape index (κ1) is 17.6. The summed E-state index contributed by atoms with van der Waals surface area (Å²) in [4.78, 5) is 12.2. The zero-order valence-corrected chi connectivity index (χ0v) is 15.0. The molecule has 1 N–H and O–H groups in total. The van der Waals surface area contributed by atoms with Crippen molar-refractivity contribution in [3.05, 3.63) is 89.7 Å². The van der Waals surface area contributed by atoms with Gasteiger partial charge in [-0.25, -0.2) is 4.39 Å². The van der Waals surface area contributed by atoms with E-state index in [2.05, 4.69) is 15.5 Å². The molecule has 0 atom stereocenters. The number of anilines is 1. The van der Waals surface area contributed by atoms with Crippen LogP contribution in [0.4, 0.5) is 10.1 Å². The van der Waals surface area contributed by atoms with Crippen molar-refractivity contribution in [3.8, 4) is 22.9 Å². The minimum atomic E-state index is -0.564. The molecule has 0 saturated heterocycles. The van der Waals surface area contributed by atoms with Gasteiger partial charge in [-0.1, -0.05) is 29.8 Å². The van der Waals surface area contributed by atoms with Crippen LogP contribution in [-0.4, -0.2) is 16.1 Å². The second kappa shape index (κ2) is 7.44. The number of carbonyl (C=O) groups is 1. The number of nitrogens with zero attached hydrogens (tertiary/aromatic N) is 2. The van der Waals surface area contributed by atoms with E-state index >= 15 is 0 Å². The fourth-order valence-electron chi connectivity index (χ4n) is 2.69. The van der Waals surface area contributed by atoms with Gasteiger partial charge in [0.25, 0.3) is 5.91 Å². The van der Waals surface area contributed by atoms with Gasteiger partial charge in [0.05, 0.1) is 5.56 Å². The summed E-state index contributed by atoms with van der Waals surface area (Å²) in [5, 5.41) is 10.8. The van der Waals surface area contributed by atoms with Crippen molar-refractivity contribution in [1.29, 1.82) is 0 Å². The number of aryl methyl sites for hydroxylation is 1. The summed E-state index contributed by atoms with van der Waals surface area (Å²) < 4.78 is 19.4. The number of halogens is 1. The lowest BCUT2D eigenvalue weighted by atomic mass is 10.1. The Hall–Kier alpha value is -3.80. The van der Waals surface area contributed by atoms with Gasteiger partial charge in [-0.15, -0.1) is 10.2 Å². The lowest BCUT2D eigenvalue weighted by Gasteiger charge is -2.06. The Bertz CT molecular complexity index is 1120. The van der Waals surface area contributed by atoms with Crippen LogP contribution in [0.15, 0.2) is 77.2 Å². The highest BCUT2D eigenvalue weighted by Crippen LogP contribution is 2.25. The largest absolute Gasteiger partial charge is 0.416 e. The second-order valence-electron chi connectivity index (χ2n) is 6.29. The maximum atomic E-state index is 13.7. The van der Waals surface area contributed by atoms with Crippen molar-refractivity contribution in [1.82, 2.24) is 10.2 Å². The summed E-state index contributed by atoms with van der Waals surface area (Å²) in [6.07, 6.45) is 0. The average molecular weight is 373 g/mol. The van der Waals surface area contributed by atoms with Gasteiger partial charge in [0.2, 0.25) is 11.8 Å². The van der Waals surface area contributed by atoms with Gasteiger partial charge in [-0.3, -0.25) is 4.79 Å². The van der Waals surface area contributed by atoms with Gasteiger partial charge >= 0.3 is 0 Å². The topological polar surface area (TPSA) is 68.0 Å². The van der Waals surface area contributed by atoms with E-state index in [1.54, 1.807) is 30.3 Å². The molecule has 1 aromatic heterocycles. The van der Waals surface area contributed by atoms with E-state index in [-0.39, 0.29) is 5.56 Å². The highest BCUT2D eigenvalue weighted by atomic mass is 19.1. The third-order valence-corrected chi connectivity index (χ3v) is 4.23. The number of benzene rings is 3. The van der Waals surface area contributed by atoms with Crippen molar-refractivity contribution in [2.24, 2.45) is 0 Å². The molecule has 0 spiro atoms. The average Bonchev–Trinajstić information content (AvgIpc) is 3.19. The molecule has 0 saturated carbocycles. The fraction of sp³-hybridized carbons (Fsp3) is 0.0455. The maximum absolute atomic E-state index is 13.7. The molecule has 138 valence electrons. The molecule has 0 unspecified atom stereocenters. The molecular weight excluding hydrogens is 357 g/mol. The minimum absolute atomic E-state index is 0.00813. The van der Waals surface area contributed by atoms with Crippen LogP contribution in [0.1, 0.15) is 15.9 Å². The molecule has 4 rings (SSSR count). The quantitative estimate of drug-likeness (QED) is 0.540. The molecule has 0 bridgehead atoms. The highest BCUT2D eigenvalue weighted by molar-refractivity contribution is 6.04. The lowest BCUT2D eigenvalue weighted by molar-refractivity contribution is 0.102. The number of amides is 1. The zero-order valence-electron chi connectivity index (χ0n) is 15.0. The second-order valence-corrected chi connectivity index (χ2v) is 6.29. The van der Waals surface area contributed by atoms with Crippen molar-refractivity contribution in [3.63, 3.8) is 0 Å². The summed E-state index contributed by atoms with van der Waals surface area (Å²) in [5.41, 5.74) is 3.24. The van der Waals surface area contributed by atoms with Crippen LogP contribution in [0.2, 0.25) is 0 Å². The van der Waals surface area contributed by atoms with E-state index in [1.807, 2.05) is 31.2 Å². The first-order valence-electron chi connectivity index (χ1n) is 8.67. The maximum Gasteiger partial charge on any atom is 0.258 e. The van der Waals surface area contributed by atoms with Crippen molar-refractivity contribution in [2.45, 2.75) is 6.92 Å². The number of aromatic nitrogens is 2. The van der Waals surface area contributed by atoms with Gasteiger partial charge in [-0.05, 0) is 55.5 Å². The van der Waals surface area contributed by atoms with E-state index in [4.69, 9.17) is 4.42 Å². The standard InChI is InChI=1S/C22H16FN3O2/c1-14-6-8-15(9-7-14)21-25-26-22(28-21)16-10-12-17(13-11-16)24-20(27)18-4-2-3-5-19(18)23/h2-13H,1H3,(H,24,27). The SMILES string of the molecule is Cc1ccc(-c2nnc(-c3ccc(NC(=O)c4ccccc4F)cc3)o2)cc1. The van der Waals surface area contributed by atoms with Crippen LogP contribution < -0.4 is 5.32 Å². The number of hydrogen-bond donors (Lipinski definition) is 1. The van der Waals surface area contributed by atoms with Gasteiger partial charge in [0.1, 0.15) is 5.82 Å². The van der Waals surface area contributed by atoms with Crippen LogP contribution in [0.3, 0.4) is 0 Å². The molecular formula is C22H16FN3O2. The van der Waals surface area contributed by atoms with Gasteiger partial charge in [-0.2, -0.15) is 0 Å². The van der Waals surface area contributed by atoms with Gasteiger partial charge in [0.15, 0.2) is 0 Å². The minimum Gasteiger partial charge on any atom is -0.416 e.